The summed E-state index contributed by atoms with van der Waals surface area (Å²) in [6, 6.07) is 6.25. The zero-order valence-electron chi connectivity index (χ0n) is 10.7. The molecule has 2 atom stereocenters. The summed E-state index contributed by atoms with van der Waals surface area (Å²) >= 11 is 0. The highest BCUT2D eigenvalue weighted by Gasteiger charge is 2.29. The predicted molar refractivity (Wildman–Crippen MR) is 71.4 cm³/mol. The number of aliphatic hydroxyl groups excluding tert-OH is 1. The summed E-state index contributed by atoms with van der Waals surface area (Å²) in [5, 5.41) is 13.4. The number of piperidine rings is 1. The molecule has 0 aromatic heterocycles. The highest BCUT2D eigenvalue weighted by atomic mass is 16.5. The molecule has 0 aliphatic carbocycles. The van der Waals surface area contributed by atoms with E-state index in [4.69, 9.17) is 4.74 Å². The van der Waals surface area contributed by atoms with Crippen molar-refractivity contribution in [2.75, 3.05) is 38.2 Å². The molecule has 0 saturated carbocycles. The third kappa shape index (κ3) is 1.95. The summed E-state index contributed by atoms with van der Waals surface area (Å²) < 4.78 is 5.85. The molecule has 18 heavy (non-hydrogen) atoms. The highest BCUT2D eigenvalue weighted by Crippen LogP contribution is 2.40. The van der Waals surface area contributed by atoms with Crippen LogP contribution in [0.5, 0.6) is 5.75 Å². The average molecular weight is 248 g/mol. The maximum Gasteiger partial charge on any atom is 0.146 e. The summed E-state index contributed by atoms with van der Waals surface area (Å²) in [5.41, 5.74) is 2.30. The zero-order chi connectivity index (χ0) is 12.5. The quantitative estimate of drug-likeness (QED) is 0.777. The Morgan fingerprint density at radius 1 is 1.44 bits per heavy atom. The molecule has 2 aliphatic heterocycles. The Hall–Kier alpha value is -1.26. The Morgan fingerprint density at radius 2 is 2.33 bits per heavy atom. The molecular formula is C14H20N2O2. The molecule has 0 radical (unpaired) electrons. The minimum Gasteiger partial charge on any atom is -0.489 e. The summed E-state index contributed by atoms with van der Waals surface area (Å²) in [7, 11) is 2.09. The van der Waals surface area contributed by atoms with Crippen molar-refractivity contribution in [3.8, 4) is 5.75 Å². The molecular weight excluding hydrogens is 228 g/mol. The lowest BCUT2D eigenvalue weighted by Gasteiger charge is -2.34. The number of anilines is 1. The van der Waals surface area contributed by atoms with E-state index < -0.39 is 0 Å². The van der Waals surface area contributed by atoms with Gasteiger partial charge in [0.15, 0.2) is 0 Å². The van der Waals surface area contributed by atoms with E-state index in [1.165, 1.54) is 0 Å². The van der Waals surface area contributed by atoms with Crippen molar-refractivity contribution >= 4 is 5.69 Å². The second-order valence-electron chi connectivity index (χ2n) is 5.13. The van der Waals surface area contributed by atoms with E-state index in [0.29, 0.717) is 6.54 Å². The lowest BCUT2D eigenvalue weighted by molar-refractivity contribution is 0.116. The van der Waals surface area contributed by atoms with Gasteiger partial charge in [0.25, 0.3) is 0 Å². The molecule has 1 saturated heterocycles. The van der Waals surface area contributed by atoms with Crippen molar-refractivity contribution in [1.29, 1.82) is 0 Å². The summed E-state index contributed by atoms with van der Waals surface area (Å²) in [5.74, 6) is 1.16. The number of fused-ring (bicyclic) bond motifs is 1. The Kier molecular flexibility index (Phi) is 3.14. The van der Waals surface area contributed by atoms with Gasteiger partial charge in [-0.1, -0.05) is 12.1 Å². The minimum atomic E-state index is -0.318. The molecule has 0 amide bonds. The van der Waals surface area contributed by atoms with E-state index in [0.717, 1.165) is 43.1 Å². The van der Waals surface area contributed by atoms with Gasteiger partial charge in [0.1, 0.15) is 12.4 Å². The van der Waals surface area contributed by atoms with Crippen molar-refractivity contribution in [3.63, 3.8) is 0 Å². The molecule has 0 bridgehead atoms. The van der Waals surface area contributed by atoms with Crippen LogP contribution in [0.15, 0.2) is 18.2 Å². The number of ether oxygens (including phenoxy) is 1. The van der Waals surface area contributed by atoms with Gasteiger partial charge in [-0.25, -0.2) is 0 Å². The number of hydrogen-bond donors (Lipinski definition) is 2. The average Bonchev–Trinajstić information content (AvgIpc) is 2.40. The normalized spacial score (nSPS) is 27.6. The molecule has 2 N–H and O–H groups in total. The van der Waals surface area contributed by atoms with Gasteiger partial charge in [-0.3, -0.25) is 0 Å². The fourth-order valence-electron chi connectivity index (χ4n) is 2.90. The van der Waals surface area contributed by atoms with Gasteiger partial charge in [0.05, 0.1) is 18.3 Å². The van der Waals surface area contributed by atoms with Crippen molar-refractivity contribution in [1.82, 2.24) is 5.32 Å². The first-order valence-corrected chi connectivity index (χ1v) is 6.63. The van der Waals surface area contributed by atoms with Crippen LogP contribution in [0.4, 0.5) is 5.69 Å². The fourth-order valence-corrected chi connectivity index (χ4v) is 2.90. The predicted octanol–water partition coefficient (Wildman–Crippen LogP) is 0.953. The first kappa shape index (κ1) is 11.8. The van der Waals surface area contributed by atoms with Crippen LogP contribution in [0.25, 0.3) is 0 Å². The van der Waals surface area contributed by atoms with Crippen LogP contribution in [0.2, 0.25) is 0 Å². The van der Waals surface area contributed by atoms with Gasteiger partial charge in [-0.05, 0) is 19.0 Å². The number of nitrogens with zero attached hydrogens (tertiary/aromatic N) is 1. The number of likely N-dealkylation sites (N-methyl/N-ethyl adjacent to an activating group) is 1. The first-order valence-electron chi connectivity index (χ1n) is 6.63. The number of benzene rings is 1. The van der Waals surface area contributed by atoms with Crippen molar-refractivity contribution in [2.45, 2.75) is 18.4 Å². The molecule has 4 nitrogen and oxygen atoms in total. The monoisotopic (exact) mass is 248 g/mol. The first-order chi connectivity index (χ1) is 8.77. The van der Waals surface area contributed by atoms with Crippen LogP contribution in [0.3, 0.4) is 0 Å². The third-order valence-corrected chi connectivity index (χ3v) is 3.96. The van der Waals surface area contributed by atoms with Gasteiger partial charge in [0.2, 0.25) is 0 Å². The Bertz CT molecular complexity index is 436. The van der Waals surface area contributed by atoms with Crippen LogP contribution in [-0.4, -0.2) is 44.5 Å². The molecule has 2 heterocycles. The van der Waals surface area contributed by atoms with E-state index >= 15 is 0 Å². The highest BCUT2D eigenvalue weighted by molar-refractivity contribution is 5.63. The Labute approximate surface area is 108 Å². The standard InChI is InChI=1S/C14H20N2O2/c1-16-7-8-18-14-11(3-2-4-12(14)16)10-5-6-15-9-13(10)17/h2-4,10,13,15,17H,5-9H2,1H3. The van der Waals surface area contributed by atoms with Crippen LogP contribution >= 0.6 is 0 Å². The van der Waals surface area contributed by atoms with Crippen molar-refractivity contribution < 1.29 is 9.84 Å². The maximum atomic E-state index is 10.2. The van der Waals surface area contributed by atoms with E-state index in [9.17, 15) is 5.11 Å². The number of rotatable bonds is 1. The lowest BCUT2D eigenvalue weighted by Crippen LogP contribution is -2.39. The van der Waals surface area contributed by atoms with Gasteiger partial charge >= 0.3 is 0 Å². The van der Waals surface area contributed by atoms with E-state index in [1.807, 2.05) is 0 Å². The second-order valence-corrected chi connectivity index (χ2v) is 5.13. The number of hydrogen-bond acceptors (Lipinski definition) is 4. The second kappa shape index (κ2) is 4.78. The molecule has 4 heteroatoms. The number of aliphatic hydroxyl groups is 1. The van der Waals surface area contributed by atoms with Gasteiger partial charge in [0, 0.05) is 25.1 Å². The van der Waals surface area contributed by atoms with Crippen LogP contribution in [0.1, 0.15) is 17.9 Å². The van der Waals surface area contributed by atoms with Crippen molar-refractivity contribution in [2.24, 2.45) is 0 Å². The van der Waals surface area contributed by atoms with Crippen LogP contribution < -0.4 is 15.0 Å². The third-order valence-electron chi connectivity index (χ3n) is 3.96. The molecule has 2 aliphatic rings. The largest absolute Gasteiger partial charge is 0.489 e. The number of nitrogens with one attached hydrogen (secondary N) is 1. The molecule has 0 spiro atoms. The summed E-state index contributed by atoms with van der Waals surface area (Å²) in [4.78, 5) is 2.22. The van der Waals surface area contributed by atoms with Crippen LogP contribution in [0, 0.1) is 0 Å². The Balaban J connectivity index is 1.99. The van der Waals surface area contributed by atoms with Crippen LogP contribution in [-0.2, 0) is 0 Å². The topological polar surface area (TPSA) is 44.7 Å². The SMILES string of the molecule is CN1CCOc2c(C3CCNCC3O)cccc21. The fraction of sp³-hybridized carbons (Fsp3) is 0.571. The molecule has 1 aromatic carbocycles. The van der Waals surface area contributed by atoms with Crippen molar-refractivity contribution in [3.05, 3.63) is 23.8 Å². The number of β-amino-alcohol motifs (C(OH)–C–C–N with tert-alkyl or cyclic N) is 1. The van der Waals surface area contributed by atoms with Gasteiger partial charge < -0.3 is 20.1 Å². The maximum absolute atomic E-state index is 10.2. The molecule has 1 fully saturated rings. The molecule has 98 valence electrons. The van der Waals surface area contributed by atoms with E-state index in [1.54, 1.807) is 0 Å². The van der Waals surface area contributed by atoms with E-state index in [-0.39, 0.29) is 12.0 Å². The molecule has 3 rings (SSSR count). The summed E-state index contributed by atoms with van der Waals surface area (Å²) in [6.45, 7) is 3.28. The molecule has 1 aromatic rings. The van der Waals surface area contributed by atoms with E-state index in [2.05, 4.69) is 35.5 Å². The smallest absolute Gasteiger partial charge is 0.146 e. The summed E-state index contributed by atoms with van der Waals surface area (Å²) in [6.07, 6.45) is 0.645. The zero-order valence-corrected chi connectivity index (χ0v) is 10.7. The number of para-hydroxylation sites is 1. The molecule has 2 unspecified atom stereocenters. The minimum absolute atomic E-state index is 0.188. The Morgan fingerprint density at radius 3 is 3.17 bits per heavy atom. The lowest BCUT2D eigenvalue weighted by atomic mass is 9.86. The van der Waals surface area contributed by atoms with Gasteiger partial charge in [-0.15, -0.1) is 0 Å². The van der Waals surface area contributed by atoms with Gasteiger partial charge in [-0.2, -0.15) is 0 Å².